The van der Waals surface area contributed by atoms with Gasteiger partial charge in [0.05, 0.1) is 22.0 Å². The molecule has 0 aliphatic heterocycles. The van der Waals surface area contributed by atoms with E-state index in [2.05, 4.69) is 15.2 Å². The monoisotopic (exact) mass is 322 g/mol. The zero-order chi connectivity index (χ0) is 16.1. The second-order valence-electron chi connectivity index (χ2n) is 4.38. The molecule has 0 amide bonds. The average Bonchev–Trinajstić information content (AvgIpc) is 2.90. The van der Waals surface area contributed by atoms with Gasteiger partial charge in [-0.3, -0.25) is 15.2 Å². The number of esters is 1. The second kappa shape index (κ2) is 7.03. The van der Waals surface area contributed by atoms with E-state index in [0.29, 0.717) is 22.3 Å². The standard InChI is InChI=1S/C13H14N4O4S/c1-3-6-21-12(18)9-4-5-11(10(7-9)17(19)20)22-13-14-8(2)15-16-13/h4-5,7H,3,6H2,1-2H3,(H,14,15,16). The number of aryl methyl sites for hydroxylation is 1. The third kappa shape index (κ3) is 3.82. The van der Waals surface area contributed by atoms with Gasteiger partial charge >= 0.3 is 5.97 Å². The van der Waals surface area contributed by atoms with E-state index < -0.39 is 10.9 Å². The topological polar surface area (TPSA) is 111 Å². The lowest BCUT2D eigenvalue weighted by Gasteiger charge is -2.05. The first-order valence-corrected chi connectivity index (χ1v) is 7.35. The van der Waals surface area contributed by atoms with Gasteiger partial charge in [-0.15, -0.1) is 5.10 Å². The summed E-state index contributed by atoms with van der Waals surface area (Å²) in [6.07, 6.45) is 0.686. The number of H-pyrrole nitrogens is 1. The van der Waals surface area contributed by atoms with E-state index in [4.69, 9.17) is 4.74 Å². The summed E-state index contributed by atoms with van der Waals surface area (Å²) < 4.78 is 4.98. The predicted octanol–water partition coefficient (Wildman–Crippen LogP) is 2.74. The molecule has 0 atom stereocenters. The van der Waals surface area contributed by atoms with Crippen LogP contribution in [0, 0.1) is 17.0 Å². The number of nitrogens with zero attached hydrogens (tertiary/aromatic N) is 3. The van der Waals surface area contributed by atoms with Crippen molar-refractivity contribution in [3.8, 4) is 0 Å². The van der Waals surface area contributed by atoms with E-state index in [-0.39, 0.29) is 17.9 Å². The predicted molar refractivity (Wildman–Crippen MR) is 78.9 cm³/mol. The quantitative estimate of drug-likeness (QED) is 0.494. The molecule has 1 aromatic heterocycles. The molecule has 1 N–H and O–H groups in total. The Kier molecular flexibility index (Phi) is 5.10. The number of nitro benzene ring substituents is 1. The summed E-state index contributed by atoms with van der Waals surface area (Å²) in [6, 6.07) is 4.20. The van der Waals surface area contributed by atoms with Crippen molar-refractivity contribution in [2.75, 3.05) is 6.61 Å². The molecule has 8 nitrogen and oxygen atoms in total. The van der Waals surface area contributed by atoms with Crippen molar-refractivity contribution in [3.05, 3.63) is 39.7 Å². The molecule has 2 rings (SSSR count). The fourth-order valence-corrected chi connectivity index (χ4v) is 2.46. The first-order valence-electron chi connectivity index (χ1n) is 6.53. The molecule has 116 valence electrons. The Labute approximate surface area is 130 Å². The summed E-state index contributed by atoms with van der Waals surface area (Å²) in [7, 11) is 0. The minimum Gasteiger partial charge on any atom is -0.462 e. The molecular weight excluding hydrogens is 308 g/mol. The molecule has 1 heterocycles. The van der Waals surface area contributed by atoms with E-state index >= 15 is 0 Å². The number of nitrogens with one attached hydrogen (secondary N) is 1. The summed E-state index contributed by atoms with van der Waals surface area (Å²) >= 11 is 1.05. The van der Waals surface area contributed by atoms with Crippen LogP contribution in [0.5, 0.6) is 0 Å². The van der Waals surface area contributed by atoms with Crippen molar-refractivity contribution >= 4 is 23.4 Å². The molecule has 9 heteroatoms. The Balaban J connectivity index is 2.27. The highest BCUT2D eigenvalue weighted by atomic mass is 32.2. The Morgan fingerprint density at radius 1 is 1.50 bits per heavy atom. The molecule has 0 spiro atoms. The number of hydrogen-bond acceptors (Lipinski definition) is 7. The number of aromatic amines is 1. The number of ether oxygens (including phenoxy) is 1. The van der Waals surface area contributed by atoms with Crippen molar-refractivity contribution in [2.24, 2.45) is 0 Å². The molecule has 2 aromatic rings. The normalized spacial score (nSPS) is 10.5. The number of benzene rings is 1. The van der Waals surface area contributed by atoms with Gasteiger partial charge in [0.1, 0.15) is 5.82 Å². The van der Waals surface area contributed by atoms with Crippen molar-refractivity contribution in [3.63, 3.8) is 0 Å². The highest BCUT2D eigenvalue weighted by Gasteiger charge is 2.20. The summed E-state index contributed by atoms with van der Waals surface area (Å²) in [5.74, 6) is 0.0418. The van der Waals surface area contributed by atoms with Gasteiger partial charge in [0.25, 0.3) is 5.69 Å². The van der Waals surface area contributed by atoms with Crippen LogP contribution < -0.4 is 0 Å². The fourth-order valence-electron chi connectivity index (χ4n) is 1.62. The van der Waals surface area contributed by atoms with Crippen LogP contribution in [-0.2, 0) is 4.74 Å². The van der Waals surface area contributed by atoms with Crippen LogP contribution in [0.25, 0.3) is 0 Å². The Hall–Kier alpha value is -2.42. The Morgan fingerprint density at radius 3 is 2.86 bits per heavy atom. The van der Waals surface area contributed by atoms with Gasteiger partial charge < -0.3 is 4.74 Å². The van der Waals surface area contributed by atoms with Gasteiger partial charge in [0, 0.05) is 6.07 Å². The van der Waals surface area contributed by atoms with Gasteiger partial charge in [-0.2, -0.15) is 0 Å². The lowest BCUT2D eigenvalue weighted by atomic mass is 10.2. The number of carbonyl (C=O) groups excluding carboxylic acids is 1. The van der Waals surface area contributed by atoms with Gasteiger partial charge in [-0.1, -0.05) is 6.92 Å². The summed E-state index contributed by atoms with van der Waals surface area (Å²) in [5.41, 5.74) is -0.0333. The van der Waals surface area contributed by atoms with Crippen LogP contribution in [0.15, 0.2) is 28.3 Å². The van der Waals surface area contributed by atoms with Crippen molar-refractivity contribution < 1.29 is 14.5 Å². The Morgan fingerprint density at radius 2 is 2.27 bits per heavy atom. The summed E-state index contributed by atoms with van der Waals surface area (Å²) in [5, 5.41) is 18.2. The van der Waals surface area contributed by atoms with E-state index in [1.807, 2.05) is 6.92 Å². The number of aromatic nitrogens is 3. The third-order valence-corrected chi connectivity index (χ3v) is 3.54. The number of carbonyl (C=O) groups is 1. The molecule has 0 saturated carbocycles. The van der Waals surface area contributed by atoms with Crippen molar-refractivity contribution in [2.45, 2.75) is 30.3 Å². The molecule has 0 fully saturated rings. The molecule has 1 aromatic carbocycles. The highest BCUT2D eigenvalue weighted by molar-refractivity contribution is 7.99. The molecule has 0 aliphatic rings. The smallest absolute Gasteiger partial charge is 0.338 e. The van der Waals surface area contributed by atoms with Gasteiger partial charge in [-0.05, 0) is 37.2 Å². The second-order valence-corrected chi connectivity index (χ2v) is 5.39. The molecule has 0 radical (unpaired) electrons. The number of hydrogen-bond donors (Lipinski definition) is 1. The zero-order valence-electron chi connectivity index (χ0n) is 12.0. The Bertz CT molecular complexity index is 701. The maximum Gasteiger partial charge on any atom is 0.338 e. The van der Waals surface area contributed by atoms with E-state index in [9.17, 15) is 14.9 Å². The third-order valence-electron chi connectivity index (χ3n) is 2.61. The highest BCUT2D eigenvalue weighted by Crippen LogP contribution is 2.33. The lowest BCUT2D eigenvalue weighted by Crippen LogP contribution is -2.06. The van der Waals surface area contributed by atoms with Gasteiger partial charge in [0.2, 0.25) is 5.16 Å². The van der Waals surface area contributed by atoms with Gasteiger partial charge in [0.15, 0.2) is 0 Å². The SMILES string of the molecule is CCCOC(=O)c1ccc(Sc2n[nH]c(C)n2)c([N+](=O)[O-])c1. The van der Waals surface area contributed by atoms with Crippen LogP contribution in [0.3, 0.4) is 0 Å². The van der Waals surface area contributed by atoms with E-state index in [1.54, 1.807) is 6.92 Å². The minimum atomic E-state index is -0.574. The van der Waals surface area contributed by atoms with Crippen LogP contribution in [0.4, 0.5) is 5.69 Å². The fraction of sp³-hybridized carbons (Fsp3) is 0.308. The zero-order valence-corrected chi connectivity index (χ0v) is 12.8. The van der Waals surface area contributed by atoms with E-state index in [1.165, 1.54) is 18.2 Å². The molecular formula is C13H14N4O4S. The van der Waals surface area contributed by atoms with Gasteiger partial charge in [-0.25, -0.2) is 9.78 Å². The first kappa shape index (κ1) is 16.0. The van der Waals surface area contributed by atoms with Crippen LogP contribution in [0.1, 0.15) is 29.5 Å². The van der Waals surface area contributed by atoms with E-state index in [0.717, 1.165) is 11.8 Å². The minimum absolute atomic E-state index is 0.149. The van der Waals surface area contributed by atoms with Crippen molar-refractivity contribution in [1.82, 2.24) is 15.2 Å². The molecule has 0 unspecified atom stereocenters. The number of nitro groups is 1. The molecule has 0 saturated heterocycles. The summed E-state index contributed by atoms with van der Waals surface area (Å²) in [6.45, 7) is 3.88. The van der Waals surface area contributed by atoms with Crippen LogP contribution in [-0.4, -0.2) is 32.7 Å². The number of rotatable bonds is 6. The summed E-state index contributed by atoms with van der Waals surface area (Å²) in [4.78, 5) is 26.9. The molecule has 0 aliphatic carbocycles. The lowest BCUT2D eigenvalue weighted by molar-refractivity contribution is -0.387. The largest absolute Gasteiger partial charge is 0.462 e. The average molecular weight is 322 g/mol. The molecule has 0 bridgehead atoms. The first-order chi connectivity index (χ1) is 10.5. The van der Waals surface area contributed by atoms with Crippen LogP contribution >= 0.6 is 11.8 Å². The van der Waals surface area contributed by atoms with Crippen LogP contribution in [0.2, 0.25) is 0 Å². The maximum atomic E-state index is 11.8. The molecule has 22 heavy (non-hydrogen) atoms. The van der Waals surface area contributed by atoms with Crippen molar-refractivity contribution in [1.29, 1.82) is 0 Å². The maximum absolute atomic E-state index is 11.8.